The van der Waals surface area contributed by atoms with E-state index >= 15 is 0 Å². The quantitative estimate of drug-likeness (QED) is 0.882. The first-order chi connectivity index (χ1) is 9.20. The fourth-order valence-electron chi connectivity index (χ4n) is 1.77. The van der Waals surface area contributed by atoms with E-state index in [0.29, 0.717) is 0 Å². The summed E-state index contributed by atoms with van der Waals surface area (Å²) < 4.78 is 28.5. The number of alkyl halides is 2. The molecule has 0 radical (unpaired) electrons. The maximum Gasteiger partial charge on any atom is 0.387 e. The summed E-state index contributed by atoms with van der Waals surface area (Å²) in [5.74, 6) is 0.160. The van der Waals surface area contributed by atoms with E-state index in [1.54, 1.807) is 41.8 Å². The van der Waals surface area contributed by atoms with Gasteiger partial charge in [0.2, 0.25) is 0 Å². The van der Waals surface area contributed by atoms with Crippen molar-refractivity contribution in [3.63, 3.8) is 0 Å². The summed E-state index contributed by atoms with van der Waals surface area (Å²) in [6.45, 7) is 0.00314. The molecule has 1 unspecified atom stereocenters. The maximum atomic E-state index is 12.1. The van der Waals surface area contributed by atoms with Gasteiger partial charge in [0.25, 0.3) is 0 Å². The topological polar surface area (TPSA) is 34.1 Å². The number of nitrogens with one attached hydrogen (secondary N) is 1. The van der Waals surface area contributed by atoms with E-state index in [2.05, 4.69) is 15.0 Å². The van der Waals surface area contributed by atoms with Gasteiger partial charge in [0.05, 0.1) is 6.04 Å². The van der Waals surface area contributed by atoms with Gasteiger partial charge in [-0.15, -0.1) is 11.3 Å². The van der Waals surface area contributed by atoms with E-state index in [9.17, 15) is 8.78 Å². The average Bonchev–Trinajstić information content (AvgIpc) is 2.90. The van der Waals surface area contributed by atoms with Gasteiger partial charge >= 0.3 is 6.61 Å². The van der Waals surface area contributed by atoms with Gasteiger partial charge in [-0.1, -0.05) is 19.1 Å². The molecule has 0 saturated heterocycles. The van der Waals surface area contributed by atoms with Crippen molar-refractivity contribution in [1.82, 2.24) is 10.3 Å². The zero-order chi connectivity index (χ0) is 13.7. The van der Waals surface area contributed by atoms with Gasteiger partial charge in [-0.25, -0.2) is 4.98 Å². The molecule has 0 spiro atoms. The minimum atomic E-state index is -2.80. The Balaban J connectivity index is 2.18. The predicted molar refractivity (Wildman–Crippen MR) is 70.7 cm³/mol. The molecule has 19 heavy (non-hydrogen) atoms. The number of ether oxygens (including phenoxy) is 1. The summed E-state index contributed by atoms with van der Waals surface area (Å²) in [6.07, 6.45) is 1.75. The zero-order valence-corrected chi connectivity index (χ0v) is 11.2. The van der Waals surface area contributed by atoms with E-state index < -0.39 is 6.61 Å². The second kappa shape index (κ2) is 6.58. The van der Waals surface area contributed by atoms with E-state index in [1.165, 1.54) is 0 Å². The van der Waals surface area contributed by atoms with Crippen molar-refractivity contribution in [1.29, 1.82) is 0 Å². The van der Waals surface area contributed by atoms with Crippen molar-refractivity contribution in [2.45, 2.75) is 19.6 Å². The maximum absolute atomic E-state index is 12.1. The van der Waals surface area contributed by atoms with Crippen LogP contribution in [0.1, 0.15) is 23.5 Å². The molecule has 0 fully saturated rings. The Labute approximate surface area is 114 Å². The van der Waals surface area contributed by atoms with Crippen molar-refractivity contribution in [2.75, 3.05) is 6.54 Å². The largest absolute Gasteiger partial charge is 0.435 e. The number of rotatable bonds is 6. The van der Waals surface area contributed by atoms with Gasteiger partial charge in [-0.2, -0.15) is 8.78 Å². The SMILES string of the molecule is CCNC(c1ccc(OC(F)F)cc1)c1nccs1. The van der Waals surface area contributed by atoms with Gasteiger partial charge < -0.3 is 10.1 Å². The minimum Gasteiger partial charge on any atom is -0.435 e. The van der Waals surface area contributed by atoms with Crippen LogP contribution in [0.3, 0.4) is 0 Å². The van der Waals surface area contributed by atoms with Crippen molar-refractivity contribution < 1.29 is 13.5 Å². The number of nitrogens with zero attached hydrogens (tertiary/aromatic N) is 1. The van der Waals surface area contributed by atoms with E-state index in [4.69, 9.17) is 0 Å². The highest BCUT2D eigenvalue weighted by Gasteiger charge is 2.15. The van der Waals surface area contributed by atoms with Crippen molar-refractivity contribution >= 4 is 11.3 Å². The van der Waals surface area contributed by atoms with E-state index in [1.807, 2.05) is 12.3 Å². The Hall–Kier alpha value is -1.53. The molecule has 0 aliphatic carbocycles. The summed E-state index contributed by atoms with van der Waals surface area (Å²) in [6, 6.07) is 6.60. The number of benzene rings is 1. The molecule has 102 valence electrons. The zero-order valence-electron chi connectivity index (χ0n) is 10.3. The fraction of sp³-hybridized carbons (Fsp3) is 0.308. The fourth-order valence-corrected chi connectivity index (χ4v) is 2.51. The molecular formula is C13H14F2N2OS. The lowest BCUT2D eigenvalue weighted by molar-refractivity contribution is -0.0498. The molecule has 3 nitrogen and oxygen atoms in total. The van der Waals surface area contributed by atoms with Gasteiger partial charge in [0.1, 0.15) is 10.8 Å². The number of thiazole rings is 1. The highest BCUT2D eigenvalue weighted by molar-refractivity contribution is 7.09. The molecule has 2 rings (SSSR count). The van der Waals surface area contributed by atoms with Crippen LogP contribution in [0.5, 0.6) is 5.75 Å². The number of halogens is 2. The lowest BCUT2D eigenvalue weighted by atomic mass is 10.1. The Bertz CT molecular complexity index is 488. The van der Waals surface area contributed by atoms with Crippen LogP contribution in [0.25, 0.3) is 0 Å². The molecule has 2 aromatic rings. The van der Waals surface area contributed by atoms with Gasteiger partial charge in [-0.3, -0.25) is 0 Å². The molecule has 6 heteroatoms. The van der Waals surface area contributed by atoms with Crippen molar-refractivity contribution in [2.24, 2.45) is 0 Å². The second-order valence-electron chi connectivity index (χ2n) is 3.81. The summed E-state index contributed by atoms with van der Waals surface area (Å²) in [5.41, 5.74) is 0.971. The third kappa shape index (κ3) is 3.71. The molecule has 0 aliphatic heterocycles. The molecule has 0 aliphatic rings. The van der Waals surface area contributed by atoms with Crippen molar-refractivity contribution in [3.05, 3.63) is 46.4 Å². The summed E-state index contributed by atoms with van der Waals surface area (Å²) in [7, 11) is 0. The first-order valence-corrected chi connectivity index (χ1v) is 6.76. The summed E-state index contributed by atoms with van der Waals surface area (Å²) in [5, 5.41) is 6.18. The van der Waals surface area contributed by atoms with E-state index in [0.717, 1.165) is 17.1 Å². The minimum absolute atomic E-state index is 0.0226. The molecule has 0 bridgehead atoms. The summed E-state index contributed by atoms with van der Waals surface area (Å²) >= 11 is 1.56. The first-order valence-electron chi connectivity index (χ1n) is 5.88. The van der Waals surface area contributed by atoms with Crippen LogP contribution in [0.15, 0.2) is 35.8 Å². The lowest BCUT2D eigenvalue weighted by Gasteiger charge is -2.16. The highest BCUT2D eigenvalue weighted by atomic mass is 32.1. The van der Waals surface area contributed by atoms with Crippen LogP contribution in [0, 0.1) is 0 Å². The normalized spacial score (nSPS) is 12.6. The smallest absolute Gasteiger partial charge is 0.387 e. The van der Waals surface area contributed by atoms with Gasteiger partial charge in [0, 0.05) is 11.6 Å². The molecule has 0 saturated carbocycles. The number of hydrogen-bond donors (Lipinski definition) is 1. The number of hydrogen-bond acceptors (Lipinski definition) is 4. The molecule has 0 amide bonds. The third-order valence-electron chi connectivity index (χ3n) is 2.55. The Morgan fingerprint density at radius 3 is 2.58 bits per heavy atom. The van der Waals surface area contributed by atoms with E-state index in [-0.39, 0.29) is 11.8 Å². The predicted octanol–water partition coefficient (Wildman–Crippen LogP) is 3.44. The monoisotopic (exact) mass is 284 g/mol. The van der Waals surface area contributed by atoms with Crippen LogP contribution < -0.4 is 10.1 Å². The second-order valence-corrected chi connectivity index (χ2v) is 4.73. The van der Waals surface area contributed by atoms with Gasteiger partial charge in [0.15, 0.2) is 0 Å². The van der Waals surface area contributed by atoms with Crippen LogP contribution in [-0.2, 0) is 0 Å². The molecule has 1 heterocycles. The lowest BCUT2D eigenvalue weighted by Crippen LogP contribution is -2.21. The third-order valence-corrected chi connectivity index (χ3v) is 3.39. The molecule has 1 N–H and O–H groups in total. The number of aromatic nitrogens is 1. The first kappa shape index (κ1) is 13.9. The average molecular weight is 284 g/mol. The van der Waals surface area contributed by atoms with Crippen LogP contribution in [0.2, 0.25) is 0 Å². The Morgan fingerprint density at radius 1 is 1.32 bits per heavy atom. The Kier molecular flexibility index (Phi) is 4.81. The molecule has 1 atom stereocenters. The van der Waals surface area contributed by atoms with Crippen LogP contribution in [0.4, 0.5) is 8.78 Å². The highest BCUT2D eigenvalue weighted by Crippen LogP contribution is 2.25. The summed E-state index contributed by atoms with van der Waals surface area (Å²) in [4.78, 5) is 4.29. The van der Waals surface area contributed by atoms with Crippen LogP contribution in [-0.4, -0.2) is 18.1 Å². The molecular weight excluding hydrogens is 270 g/mol. The molecule has 1 aromatic carbocycles. The standard InChI is InChI=1S/C13H14F2N2OS/c1-2-16-11(12-17-7-8-19-12)9-3-5-10(6-4-9)18-13(14)15/h3-8,11,13,16H,2H2,1H3. The molecule has 1 aromatic heterocycles. The van der Waals surface area contributed by atoms with Crippen molar-refractivity contribution in [3.8, 4) is 5.75 Å². The van der Waals surface area contributed by atoms with Crippen LogP contribution >= 0.6 is 11.3 Å². The Morgan fingerprint density at radius 2 is 2.05 bits per heavy atom. The van der Waals surface area contributed by atoms with Gasteiger partial charge in [-0.05, 0) is 24.2 Å².